The van der Waals surface area contributed by atoms with Crippen molar-refractivity contribution in [2.45, 2.75) is 25.3 Å². The zero-order chi connectivity index (χ0) is 13.8. The first-order valence-corrected chi connectivity index (χ1v) is 6.86. The average molecular weight is 267 g/mol. The van der Waals surface area contributed by atoms with E-state index in [0.29, 0.717) is 13.0 Å². The van der Waals surface area contributed by atoms with E-state index in [4.69, 9.17) is 4.42 Å². The van der Waals surface area contributed by atoms with Crippen molar-refractivity contribution < 1.29 is 9.21 Å². The molecular weight excluding hydrogens is 250 g/mol. The van der Waals surface area contributed by atoms with Crippen molar-refractivity contribution in [3.8, 4) is 0 Å². The van der Waals surface area contributed by atoms with Gasteiger partial charge in [0, 0.05) is 18.2 Å². The molecule has 1 N–H and O–H groups in total. The predicted molar refractivity (Wildman–Crippen MR) is 77.1 cm³/mol. The van der Waals surface area contributed by atoms with Crippen molar-refractivity contribution in [3.63, 3.8) is 0 Å². The normalized spacial score (nSPS) is 18.7. The summed E-state index contributed by atoms with van der Waals surface area (Å²) in [5.41, 5.74) is 2.22. The first-order chi connectivity index (χ1) is 9.81. The van der Waals surface area contributed by atoms with Crippen molar-refractivity contribution in [2.24, 2.45) is 0 Å². The van der Waals surface area contributed by atoms with Gasteiger partial charge in [0.2, 0.25) is 0 Å². The molecule has 102 valence electrons. The summed E-state index contributed by atoms with van der Waals surface area (Å²) in [6, 6.07) is 14.0. The van der Waals surface area contributed by atoms with Crippen molar-refractivity contribution in [3.05, 3.63) is 71.8 Å². The van der Waals surface area contributed by atoms with Crippen LogP contribution in [-0.2, 0) is 11.3 Å². The Morgan fingerprint density at radius 3 is 2.70 bits per heavy atom. The van der Waals surface area contributed by atoms with Crippen molar-refractivity contribution >= 4 is 5.78 Å². The van der Waals surface area contributed by atoms with Crippen molar-refractivity contribution in [1.82, 2.24) is 5.32 Å². The molecule has 1 aromatic heterocycles. The Hall–Kier alpha value is -2.29. The van der Waals surface area contributed by atoms with E-state index < -0.39 is 0 Å². The maximum Gasteiger partial charge on any atom is 0.158 e. The number of hydrogen-bond acceptors (Lipinski definition) is 3. The van der Waals surface area contributed by atoms with Crippen LogP contribution in [0.15, 0.2) is 64.9 Å². The van der Waals surface area contributed by atoms with Crippen LogP contribution in [0.4, 0.5) is 0 Å². The fourth-order valence-electron chi connectivity index (χ4n) is 2.59. The highest BCUT2D eigenvalue weighted by atomic mass is 16.3. The summed E-state index contributed by atoms with van der Waals surface area (Å²) >= 11 is 0. The summed E-state index contributed by atoms with van der Waals surface area (Å²) < 4.78 is 5.29. The molecule has 1 aliphatic rings. The first-order valence-electron chi connectivity index (χ1n) is 6.86. The van der Waals surface area contributed by atoms with E-state index in [1.807, 2.05) is 30.3 Å². The Kier molecular flexibility index (Phi) is 3.68. The van der Waals surface area contributed by atoms with Crippen LogP contribution in [0.25, 0.3) is 0 Å². The highest BCUT2D eigenvalue weighted by Crippen LogP contribution is 2.30. The number of benzene rings is 1. The molecule has 2 aromatic rings. The van der Waals surface area contributed by atoms with Crippen LogP contribution in [0, 0.1) is 0 Å². The van der Waals surface area contributed by atoms with Gasteiger partial charge in [0.15, 0.2) is 5.78 Å². The third-order valence-electron chi connectivity index (χ3n) is 3.59. The molecule has 0 radical (unpaired) electrons. The average Bonchev–Trinajstić information content (AvgIpc) is 2.99. The van der Waals surface area contributed by atoms with Gasteiger partial charge in [-0.25, -0.2) is 0 Å². The molecule has 3 rings (SSSR count). The zero-order valence-corrected chi connectivity index (χ0v) is 11.2. The van der Waals surface area contributed by atoms with E-state index in [1.165, 1.54) is 5.56 Å². The van der Waals surface area contributed by atoms with Gasteiger partial charge in [-0.15, -0.1) is 0 Å². The zero-order valence-electron chi connectivity index (χ0n) is 11.2. The molecule has 0 saturated heterocycles. The molecule has 0 aliphatic heterocycles. The largest absolute Gasteiger partial charge is 0.467 e. The van der Waals surface area contributed by atoms with E-state index in [-0.39, 0.29) is 11.7 Å². The van der Waals surface area contributed by atoms with Gasteiger partial charge in [0.25, 0.3) is 0 Å². The number of rotatable bonds is 4. The van der Waals surface area contributed by atoms with E-state index in [0.717, 1.165) is 17.9 Å². The number of allylic oxidation sites excluding steroid dienone is 2. The van der Waals surface area contributed by atoms with E-state index in [2.05, 4.69) is 17.4 Å². The molecule has 0 amide bonds. The SMILES string of the molecule is O=C1C=C(NCc2ccco2)C[C@H](c2ccccc2)C1. The maximum atomic E-state index is 11.9. The molecule has 1 aliphatic carbocycles. The second-order valence-corrected chi connectivity index (χ2v) is 5.08. The number of carbonyl (C=O) groups excluding carboxylic acids is 1. The van der Waals surface area contributed by atoms with Crippen LogP contribution in [0.2, 0.25) is 0 Å². The predicted octanol–water partition coefficient (Wildman–Crippen LogP) is 3.40. The van der Waals surface area contributed by atoms with Gasteiger partial charge in [0.1, 0.15) is 5.76 Å². The van der Waals surface area contributed by atoms with Crippen LogP contribution in [0.3, 0.4) is 0 Å². The molecule has 0 saturated carbocycles. The Morgan fingerprint density at radius 2 is 1.95 bits per heavy atom. The Labute approximate surface area is 118 Å². The summed E-state index contributed by atoms with van der Waals surface area (Å²) in [7, 11) is 0. The summed E-state index contributed by atoms with van der Waals surface area (Å²) in [4.78, 5) is 11.9. The minimum Gasteiger partial charge on any atom is -0.467 e. The fourth-order valence-corrected chi connectivity index (χ4v) is 2.59. The Balaban J connectivity index is 1.68. The summed E-state index contributed by atoms with van der Waals surface area (Å²) in [5.74, 6) is 1.33. The lowest BCUT2D eigenvalue weighted by atomic mass is 9.85. The molecule has 3 heteroatoms. The Morgan fingerprint density at radius 1 is 1.10 bits per heavy atom. The van der Waals surface area contributed by atoms with Crippen LogP contribution >= 0.6 is 0 Å². The van der Waals surface area contributed by atoms with Crippen molar-refractivity contribution in [2.75, 3.05) is 0 Å². The number of furan rings is 1. The molecule has 1 heterocycles. The molecule has 3 nitrogen and oxygen atoms in total. The molecule has 1 atom stereocenters. The molecular formula is C17H17NO2. The lowest BCUT2D eigenvalue weighted by molar-refractivity contribution is -0.115. The molecule has 20 heavy (non-hydrogen) atoms. The standard InChI is InChI=1S/C17H17NO2/c19-16-10-14(13-5-2-1-3-6-13)9-15(11-16)18-12-17-7-4-8-20-17/h1-8,11,14,18H,9-10,12H2/t14-/m0/s1. The third-order valence-corrected chi connectivity index (χ3v) is 3.59. The minimum absolute atomic E-state index is 0.187. The second kappa shape index (κ2) is 5.78. The maximum absolute atomic E-state index is 11.9. The lowest BCUT2D eigenvalue weighted by Crippen LogP contribution is -2.21. The van der Waals surface area contributed by atoms with Gasteiger partial charge in [-0.3, -0.25) is 4.79 Å². The molecule has 0 unspecified atom stereocenters. The number of hydrogen-bond donors (Lipinski definition) is 1. The van der Waals surface area contributed by atoms with Crippen molar-refractivity contribution in [1.29, 1.82) is 0 Å². The highest BCUT2D eigenvalue weighted by molar-refractivity contribution is 5.91. The topological polar surface area (TPSA) is 42.2 Å². The molecule has 1 aromatic carbocycles. The smallest absolute Gasteiger partial charge is 0.158 e. The highest BCUT2D eigenvalue weighted by Gasteiger charge is 2.21. The van der Waals surface area contributed by atoms with Crippen LogP contribution in [-0.4, -0.2) is 5.78 Å². The van der Waals surface area contributed by atoms with E-state index >= 15 is 0 Å². The third kappa shape index (κ3) is 2.99. The van der Waals surface area contributed by atoms with Gasteiger partial charge >= 0.3 is 0 Å². The minimum atomic E-state index is 0.187. The van der Waals surface area contributed by atoms with Crippen LogP contribution < -0.4 is 5.32 Å². The van der Waals surface area contributed by atoms with E-state index in [9.17, 15) is 4.79 Å². The van der Waals surface area contributed by atoms with Gasteiger partial charge in [-0.05, 0) is 30.0 Å². The van der Waals surface area contributed by atoms with Gasteiger partial charge in [0.05, 0.1) is 12.8 Å². The number of ketones is 1. The monoisotopic (exact) mass is 267 g/mol. The van der Waals surface area contributed by atoms with Gasteiger partial charge in [-0.1, -0.05) is 30.3 Å². The molecule has 0 spiro atoms. The summed E-state index contributed by atoms with van der Waals surface area (Å²) in [6.07, 6.45) is 4.85. The quantitative estimate of drug-likeness (QED) is 0.923. The van der Waals surface area contributed by atoms with Crippen LogP contribution in [0.1, 0.15) is 30.1 Å². The second-order valence-electron chi connectivity index (χ2n) is 5.08. The van der Waals surface area contributed by atoms with Gasteiger partial charge < -0.3 is 9.73 Å². The summed E-state index contributed by atoms with van der Waals surface area (Å²) in [5, 5.41) is 3.30. The summed E-state index contributed by atoms with van der Waals surface area (Å²) in [6.45, 7) is 0.619. The molecule has 0 fully saturated rings. The Bertz CT molecular complexity index is 599. The lowest BCUT2D eigenvalue weighted by Gasteiger charge is -2.23. The van der Waals surface area contributed by atoms with E-state index in [1.54, 1.807) is 12.3 Å². The number of carbonyl (C=O) groups is 1. The number of nitrogens with one attached hydrogen (secondary N) is 1. The molecule has 0 bridgehead atoms. The fraction of sp³-hybridized carbons (Fsp3) is 0.235. The van der Waals surface area contributed by atoms with Gasteiger partial charge in [-0.2, -0.15) is 0 Å². The van der Waals surface area contributed by atoms with Crippen LogP contribution in [0.5, 0.6) is 0 Å². The first kappa shape index (κ1) is 12.7.